The van der Waals surface area contributed by atoms with Gasteiger partial charge in [-0.2, -0.15) is 0 Å². The van der Waals surface area contributed by atoms with Gasteiger partial charge in [-0.25, -0.2) is 0 Å². The predicted octanol–water partition coefficient (Wildman–Crippen LogP) is 4.41. The summed E-state index contributed by atoms with van der Waals surface area (Å²) < 4.78 is 4.85. The highest BCUT2D eigenvalue weighted by atomic mass is 16.5. The van der Waals surface area contributed by atoms with Gasteiger partial charge in [-0.15, -0.1) is 0 Å². The van der Waals surface area contributed by atoms with Gasteiger partial charge in [0.2, 0.25) is 0 Å². The van der Waals surface area contributed by atoms with E-state index in [1.54, 1.807) is 0 Å². The van der Waals surface area contributed by atoms with Gasteiger partial charge in [0.1, 0.15) is 0 Å². The van der Waals surface area contributed by atoms with E-state index in [9.17, 15) is 4.79 Å². The van der Waals surface area contributed by atoms with Crippen molar-refractivity contribution in [1.29, 1.82) is 0 Å². The predicted molar refractivity (Wildman–Crippen MR) is 72.9 cm³/mol. The van der Waals surface area contributed by atoms with Gasteiger partial charge in [-0.3, -0.25) is 4.79 Å². The largest absolute Gasteiger partial charge is 0.466 e. The van der Waals surface area contributed by atoms with Crippen molar-refractivity contribution in [3.05, 3.63) is 24.3 Å². The van der Waals surface area contributed by atoms with Gasteiger partial charge in [0, 0.05) is 6.92 Å². The number of hydrogen-bond donors (Lipinski definition) is 0. The van der Waals surface area contributed by atoms with Crippen LogP contribution in [-0.4, -0.2) is 12.6 Å². The molecule has 17 heavy (non-hydrogen) atoms. The molecule has 0 saturated heterocycles. The lowest BCUT2D eigenvalue weighted by Crippen LogP contribution is -1.99. The molecule has 2 nitrogen and oxygen atoms in total. The van der Waals surface area contributed by atoms with Gasteiger partial charge in [0.25, 0.3) is 0 Å². The molecule has 0 N–H and O–H groups in total. The Morgan fingerprint density at radius 1 is 0.941 bits per heavy atom. The van der Waals surface area contributed by atoms with E-state index in [4.69, 9.17) is 4.74 Å². The van der Waals surface area contributed by atoms with Crippen molar-refractivity contribution >= 4 is 5.97 Å². The SMILES string of the molecule is CCC/C=C\CC/C=C\CCCCOC(C)=O. The number of carbonyl (C=O) groups is 1. The van der Waals surface area contributed by atoms with Crippen LogP contribution in [-0.2, 0) is 9.53 Å². The molecule has 0 unspecified atom stereocenters. The first-order valence-corrected chi connectivity index (χ1v) is 6.70. The molecule has 0 aliphatic heterocycles. The maximum Gasteiger partial charge on any atom is 0.302 e. The fraction of sp³-hybridized carbons (Fsp3) is 0.667. The van der Waals surface area contributed by atoms with Crippen LogP contribution >= 0.6 is 0 Å². The summed E-state index contributed by atoms with van der Waals surface area (Å²) in [4.78, 5) is 10.5. The minimum absolute atomic E-state index is 0.181. The van der Waals surface area contributed by atoms with Gasteiger partial charge in [0.15, 0.2) is 0 Å². The molecule has 0 heterocycles. The lowest BCUT2D eigenvalue weighted by molar-refractivity contribution is -0.141. The molecule has 0 bridgehead atoms. The van der Waals surface area contributed by atoms with Crippen LogP contribution in [0.3, 0.4) is 0 Å². The molecule has 0 aliphatic rings. The smallest absolute Gasteiger partial charge is 0.302 e. The second kappa shape index (κ2) is 13.0. The van der Waals surface area contributed by atoms with E-state index in [0.717, 1.165) is 32.1 Å². The van der Waals surface area contributed by atoms with Crippen LogP contribution in [0.1, 0.15) is 58.8 Å². The Morgan fingerprint density at radius 3 is 2.12 bits per heavy atom. The van der Waals surface area contributed by atoms with Crippen molar-refractivity contribution in [1.82, 2.24) is 0 Å². The molecular formula is C15H26O2. The van der Waals surface area contributed by atoms with Gasteiger partial charge in [-0.05, 0) is 38.5 Å². The van der Waals surface area contributed by atoms with Gasteiger partial charge in [0.05, 0.1) is 6.61 Å². The second-order valence-corrected chi connectivity index (χ2v) is 4.14. The number of ether oxygens (including phenoxy) is 1. The number of hydrogen-bond acceptors (Lipinski definition) is 2. The summed E-state index contributed by atoms with van der Waals surface area (Å²) in [6, 6.07) is 0. The van der Waals surface area contributed by atoms with E-state index >= 15 is 0 Å². The highest BCUT2D eigenvalue weighted by molar-refractivity contribution is 5.65. The third-order valence-corrected chi connectivity index (χ3v) is 2.36. The van der Waals surface area contributed by atoms with Gasteiger partial charge in [-0.1, -0.05) is 37.6 Å². The Kier molecular flexibility index (Phi) is 12.2. The highest BCUT2D eigenvalue weighted by Gasteiger charge is 1.91. The molecule has 0 atom stereocenters. The monoisotopic (exact) mass is 238 g/mol. The number of esters is 1. The van der Waals surface area contributed by atoms with Crippen LogP contribution in [0.15, 0.2) is 24.3 Å². The first-order valence-electron chi connectivity index (χ1n) is 6.70. The van der Waals surface area contributed by atoms with Gasteiger partial charge < -0.3 is 4.74 Å². The average Bonchev–Trinajstić information content (AvgIpc) is 2.30. The quantitative estimate of drug-likeness (QED) is 0.320. The number of allylic oxidation sites excluding steroid dienone is 4. The number of rotatable bonds is 10. The summed E-state index contributed by atoms with van der Waals surface area (Å²) >= 11 is 0. The summed E-state index contributed by atoms with van der Waals surface area (Å²) in [5, 5.41) is 0. The summed E-state index contributed by atoms with van der Waals surface area (Å²) in [5.74, 6) is -0.181. The molecule has 0 fully saturated rings. The van der Waals surface area contributed by atoms with Crippen molar-refractivity contribution < 1.29 is 9.53 Å². The van der Waals surface area contributed by atoms with E-state index < -0.39 is 0 Å². The minimum Gasteiger partial charge on any atom is -0.466 e. The Bertz CT molecular complexity index is 229. The second-order valence-electron chi connectivity index (χ2n) is 4.14. The van der Waals surface area contributed by atoms with Crippen LogP contribution in [0.25, 0.3) is 0 Å². The number of unbranched alkanes of at least 4 members (excludes halogenated alkanes) is 4. The zero-order chi connectivity index (χ0) is 12.8. The Morgan fingerprint density at radius 2 is 1.53 bits per heavy atom. The molecule has 0 saturated carbocycles. The molecule has 0 aromatic heterocycles. The first kappa shape index (κ1) is 16.0. The van der Waals surface area contributed by atoms with E-state index in [1.165, 1.54) is 19.8 Å². The van der Waals surface area contributed by atoms with Crippen LogP contribution in [0.5, 0.6) is 0 Å². The first-order chi connectivity index (χ1) is 8.27. The third kappa shape index (κ3) is 14.9. The van der Waals surface area contributed by atoms with Crippen molar-refractivity contribution in [2.45, 2.75) is 58.8 Å². The van der Waals surface area contributed by atoms with Crippen LogP contribution in [0.2, 0.25) is 0 Å². The van der Waals surface area contributed by atoms with E-state index in [0.29, 0.717) is 6.61 Å². The summed E-state index contributed by atoms with van der Waals surface area (Å²) in [5.41, 5.74) is 0. The summed E-state index contributed by atoms with van der Waals surface area (Å²) in [6.45, 7) is 4.20. The lowest BCUT2D eigenvalue weighted by Gasteiger charge is -1.99. The Balaban J connectivity index is 3.17. The molecule has 0 aromatic rings. The number of carbonyl (C=O) groups excluding carboxylic acids is 1. The topological polar surface area (TPSA) is 26.3 Å². The molecule has 0 spiro atoms. The van der Waals surface area contributed by atoms with Crippen LogP contribution in [0.4, 0.5) is 0 Å². The molecule has 0 aliphatic carbocycles. The van der Waals surface area contributed by atoms with E-state index in [2.05, 4.69) is 31.2 Å². The van der Waals surface area contributed by atoms with Gasteiger partial charge >= 0.3 is 5.97 Å². The fourth-order valence-electron chi connectivity index (χ4n) is 1.41. The zero-order valence-electron chi connectivity index (χ0n) is 11.3. The fourth-order valence-corrected chi connectivity index (χ4v) is 1.41. The van der Waals surface area contributed by atoms with Crippen LogP contribution < -0.4 is 0 Å². The lowest BCUT2D eigenvalue weighted by atomic mass is 10.2. The maximum absolute atomic E-state index is 10.5. The van der Waals surface area contributed by atoms with E-state index in [1.807, 2.05) is 0 Å². The molecule has 0 amide bonds. The molecule has 98 valence electrons. The van der Waals surface area contributed by atoms with E-state index in [-0.39, 0.29) is 5.97 Å². The Labute approximate surface area is 106 Å². The molecule has 2 heteroatoms. The maximum atomic E-state index is 10.5. The van der Waals surface area contributed by atoms with Crippen molar-refractivity contribution in [3.8, 4) is 0 Å². The standard InChI is InChI=1S/C15H26O2/c1-3-4-5-6-7-8-9-10-11-12-13-14-17-15(2)16/h5-6,9-10H,3-4,7-8,11-14H2,1-2H3/b6-5-,10-9-. The normalized spacial score (nSPS) is 11.4. The minimum atomic E-state index is -0.181. The van der Waals surface area contributed by atoms with Crippen molar-refractivity contribution in [2.75, 3.05) is 6.61 Å². The summed E-state index contributed by atoms with van der Waals surface area (Å²) in [6.07, 6.45) is 16.8. The molecule has 0 rings (SSSR count). The Hall–Kier alpha value is -1.05. The molecular weight excluding hydrogens is 212 g/mol. The highest BCUT2D eigenvalue weighted by Crippen LogP contribution is 2.00. The molecule has 0 aromatic carbocycles. The van der Waals surface area contributed by atoms with Crippen LogP contribution in [0, 0.1) is 0 Å². The zero-order valence-corrected chi connectivity index (χ0v) is 11.3. The van der Waals surface area contributed by atoms with Crippen molar-refractivity contribution in [2.24, 2.45) is 0 Å². The third-order valence-electron chi connectivity index (χ3n) is 2.36. The molecule has 0 radical (unpaired) electrons. The average molecular weight is 238 g/mol. The summed E-state index contributed by atoms with van der Waals surface area (Å²) in [7, 11) is 0. The van der Waals surface area contributed by atoms with Crippen molar-refractivity contribution in [3.63, 3.8) is 0 Å².